The molecule has 0 unspecified atom stereocenters. The van der Waals surface area contributed by atoms with Crippen LogP contribution < -0.4 is 0 Å². The first-order valence-corrected chi connectivity index (χ1v) is 6.19. The van der Waals surface area contributed by atoms with Crippen LogP contribution >= 0.6 is 0 Å². The van der Waals surface area contributed by atoms with Crippen molar-refractivity contribution in [1.82, 2.24) is 0 Å². The number of rotatable bonds is 2. The van der Waals surface area contributed by atoms with Crippen molar-refractivity contribution < 1.29 is 0 Å². The van der Waals surface area contributed by atoms with Gasteiger partial charge in [0.2, 0.25) is 0 Å². The maximum Gasteiger partial charge on any atom is -0.0376 e. The van der Waals surface area contributed by atoms with Crippen molar-refractivity contribution in [2.75, 3.05) is 0 Å². The van der Waals surface area contributed by atoms with E-state index in [0.717, 1.165) is 6.42 Å². The molecular formula is C14H34. The Kier molecular flexibility index (Phi) is 283. The highest BCUT2D eigenvalue weighted by atomic mass is 13.6. The van der Waals surface area contributed by atoms with Gasteiger partial charge in [-0.15, -0.1) is 0 Å². The maximum atomic E-state index is 3.51. The molecule has 0 bridgehead atoms. The standard InChI is InChI=1S/C6H10.4C2H6/c1-3-5-6-4-2;4*1-2/h3,5-6H,1,4H2,2H3;4*1-2H3/b6-5-;;;;. The first-order chi connectivity index (χ1) is 6.91. The molecule has 0 amide bonds. The van der Waals surface area contributed by atoms with Crippen molar-refractivity contribution in [2.45, 2.75) is 68.7 Å². The second-order valence-electron chi connectivity index (χ2n) is 1.07. The molecule has 0 radical (unpaired) electrons. The first kappa shape index (κ1) is 29.2. The fourth-order valence-corrected chi connectivity index (χ4v) is 0.232. The van der Waals surface area contributed by atoms with Crippen molar-refractivity contribution in [3.63, 3.8) is 0 Å². The maximum absolute atomic E-state index is 3.51. The van der Waals surface area contributed by atoms with Crippen LogP contribution in [0.4, 0.5) is 0 Å². The lowest BCUT2D eigenvalue weighted by molar-refractivity contribution is 1.22. The van der Waals surface area contributed by atoms with Gasteiger partial charge < -0.3 is 0 Å². The van der Waals surface area contributed by atoms with Crippen LogP contribution in [0.1, 0.15) is 68.7 Å². The summed E-state index contributed by atoms with van der Waals surface area (Å²) < 4.78 is 0. The van der Waals surface area contributed by atoms with E-state index in [0.29, 0.717) is 0 Å². The van der Waals surface area contributed by atoms with Gasteiger partial charge in [0.15, 0.2) is 0 Å². The van der Waals surface area contributed by atoms with Crippen LogP contribution in [0.5, 0.6) is 0 Å². The Labute approximate surface area is 94.1 Å². The third-order valence-corrected chi connectivity index (χ3v) is 0.508. The molecule has 0 aliphatic rings. The van der Waals surface area contributed by atoms with E-state index in [1.807, 2.05) is 61.5 Å². The quantitative estimate of drug-likeness (QED) is 0.465. The fourth-order valence-electron chi connectivity index (χ4n) is 0.232. The van der Waals surface area contributed by atoms with Crippen LogP contribution in [-0.4, -0.2) is 0 Å². The molecule has 0 aliphatic carbocycles. The largest absolute Gasteiger partial charge is 0.0991 e. The summed E-state index contributed by atoms with van der Waals surface area (Å²) in [5.74, 6) is 0. The van der Waals surface area contributed by atoms with Gasteiger partial charge in [0.1, 0.15) is 0 Å². The Bertz CT molecular complexity index is 51.1. The van der Waals surface area contributed by atoms with E-state index in [1.165, 1.54) is 0 Å². The smallest absolute Gasteiger partial charge is 0.0376 e. The summed E-state index contributed by atoms with van der Waals surface area (Å²) in [5, 5.41) is 0. The van der Waals surface area contributed by atoms with Gasteiger partial charge >= 0.3 is 0 Å². The molecule has 14 heavy (non-hydrogen) atoms. The zero-order valence-corrected chi connectivity index (χ0v) is 12.1. The van der Waals surface area contributed by atoms with Gasteiger partial charge in [0.05, 0.1) is 0 Å². The van der Waals surface area contributed by atoms with E-state index in [-0.39, 0.29) is 0 Å². The van der Waals surface area contributed by atoms with E-state index in [4.69, 9.17) is 0 Å². The van der Waals surface area contributed by atoms with E-state index in [2.05, 4.69) is 19.6 Å². The average Bonchev–Trinajstić information content (AvgIpc) is 2.36. The van der Waals surface area contributed by atoms with Gasteiger partial charge in [0.25, 0.3) is 0 Å². The van der Waals surface area contributed by atoms with Crippen LogP contribution in [0.3, 0.4) is 0 Å². The lowest BCUT2D eigenvalue weighted by Gasteiger charge is -1.67. The molecule has 0 saturated heterocycles. The normalized spacial score (nSPS) is 5.79. The molecule has 0 N–H and O–H groups in total. The predicted molar refractivity (Wildman–Crippen MR) is 75.0 cm³/mol. The summed E-state index contributed by atoms with van der Waals surface area (Å²) >= 11 is 0. The third kappa shape index (κ3) is 205. The lowest BCUT2D eigenvalue weighted by Crippen LogP contribution is -1.46. The van der Waals surface area contributed by atoms with Crippen molar-refractivity contribution in [3.8, 4) is 0 Å². The van der Waals surface area contributed by atoms with Crippen molar-refractivity contribution in [3.05, 3.63) is 24.8 Å². The molecule has 90 valence electrons. The molecule has 0 saturated carbocycles. The molecule has 0 heterocycles. The summed E-state index contributed by atoms with van der Waals surface area (Å²) in [7, 11) is 0. The molecule has 0 aliphatic heterocycles. The van der Waals surface area contributed by atoms with Crippen molar-refractivity contribution >= 4 is 0 Å². The van der Waals surface area contributed by atoms with Crippen LogP contribution in [0.25, 0.3) is 0 Å². The Morgan fingerprint density at radius 1 is 0.786 bits per heavy atom. The Morgan fingerprint density at radius 2 is 1.07 bits per heavy atom. The summed E-state index contributed by atoms with van der Waals surface area (Å²) in [5.41, 5.74) is 0. The molecule has 0 nitrogen and oxygen atoms in total. The van der Waals surface area contributed by atoms with Crippen molar-refractivity contribution in [2.24, 2.45) is 0 Å². The Hall–Kier alpha value is -0.520. The third-order valence-electron chi connectivity index (χ3n) is 0.508. The van der Waals surface area contributed by atoms with E-state index >= 15 is 0 Å². The highest BCUT2D eigenvalue weighted by molar-refractivity contribution is 4.96. The van der Waals surface area contributed by atoms with Gasteiger partial charge in [-0.05, 0) is 6.42 Å². The summed E-state index contributed by atoms with van der Waals surface area (Å²) in [4.78, 5) is 0. The first-order valence-electron chi connectivity index (χ1n) is 6.19. The Morgan fingerprint density at radius 3 is 1.14 bits per heavy atom. The van der Waals surface area contributed by atoms with Crippen LogP contribution in [-0.2, 0) is 0 Å². The second-order valence-corrected chi connectivity index (χ2v) is 1.07. The highest BCUT2D eigenvalue weighted by Crippen LogP contribution is 1.76. The van der Waals surface area contributed by atoms with Crippen LogP contribution in [0.2, 0.25) is 0 Å². The molecule has 0 fully saturated rings. The van der Waals surface area contributed by atoms with E-state index in [1.54, 1.807) is 6.08 Å². The van der Waals surface area contributed by atoms with E-state index in [9.17, 15) is 0 Å². The van der Waals surface area contributed by atoms with Gasteiger partial charge in [-0.2, -0.15) is 0 Å². The summed E-state index contributed by atoms with van der Waals surface area (Å²) in [6.45, 7) is 21.6. The predicted octanol–water partition coefficient (Wildman–Crippen LogP) is 6.24. The minimum absolute atomic E-state index is 1.10. The SMILES string of the molecule is C=C/C=C\CC.CC.CC.CC.CC. The zero-order chi connectivity index (χ0) is 12.8. The van der Waals surface area contributed by atoms with Gasteiger partial charge in [-0.1, -0.05) is 87.1 Å². The Balaban J connectivity index is -0.0000000287. The van der Waals surface area contributed by atoms with Crippen LogP contribution in [0.15, 0.2) is 24.8 Å². The fraction of sp³-hybridized carbons (Fsp3) is 0.714. The number of allylic oxidation sites excluding steroid dienone is 3. The lowest BCUT2D eigenvalue weighted by atomic mass is 10.4. The summed E-state index contributed by atoms with van der Waals surface area (Å²) in [6, 6.07) is 0. The van der Waals surface area contributed by atoms with Gasteiger partial charge in [-0.3, -0.25) is 0 Å². The molecule has 0 rings (SSSR count). The number of hydrogen-bond donors (Lipinski definition) is 0. The van der Waals surface area contributed by atoms with Gasteiger partial charge in [0, 0.05) is 0 Å². The van der Waals surface area contributed by atoms with Crippen LogP contribution in [0, 0.1) is 0 Å². The minimum Gasteiger partial charge on any atom is -0.0991 e. The monoisotopic (exact) mass is 202 g/mol. The topological polar surface area (TPSA) is 0 Å². The number of hydrogen-bond acceptors (Lipinski definition) is 0. The molecule has 0 aromatic rings. The zero-order valence-electron chi connectivity index (χ0n) is 12.1. The second kappa shape index (κ2) is 136. The van der Waals surface area contributed by atoms with Crippen molar-refractivity contribution in [1.29, 1.82) is 0 Å². The summed E-state index contributed by atoms with van der Waals surface area (Å²) in [6.07, 6.45) is 6.89. The molecule has 0 aromatic heterocycles. The highest BCUT2D eigenvalue weighted by Gasteiger charge is 1.55. The van der Waals surface area contributed by atoms with Gasteiger partial charge in [-0.25, -0.2) is 0 Å². The minimum atomic E-state index is 1.10. The molecule has 0 aromatic carbocycles. The van der Waals surface area contributed by atoms with E-state index < -0.39 is 0 Å². The molecular weight excluding hydrogens is 168 g/mol. The molecule has 0 atom stereocenters. The molecule has 0 heteroatoms. The average molecular weight is 202 g/mol. The molecule has 0 spiro atoms.